The maximum Gasteiger partial charge on any atom is 0.355 e. The Bertz CT molecular complexity index is 476. The quantitative estimate of drug-likeness (QED) is 0.757. The van der Waals surface area contributed by atoms with Crippen LogP contribution in [0.3, 0.4) is 0 Å². The van der Waals surface area contributed by atoms with Crippen LogP contribution in [0.1, 0.15) is 46.0 Å². The van der Waals surface area contributed by atoms with Gasteiger partial charge >= 0.3 is 5.97 Å². The monoisotopic (exact) mass is 236 g/mol. The van der Waals surface area contributed by atoms with E-state index >= 15 is 0 Å². The van der Waals surface area contributed by atoms with Gasteiger partial charge in [0.25, 0.3) is 5.91 Å². The Morgan fingerprint density at radius 2 is 2.24 bits per heavy atom. The number of rotatable bonds is 2. The van der Waals surface area contributed by atoms with E-state index in [0.29, 0.717) is 30.0 Å². The van der Waals surface area contributed by atoms with Crippen LogP contribution >= 0.6 is 0 Å². The van der Waals surface area contributed by atoms with Crippen molar-refractivity contribution in [3.05, 3.63) is 22.5 Å². The number of aromatic amines is 1. The van der Waals surface area contributed by atoms with Gasteiger partial charge < -0.3 is 15.0 Å². The minimum absolute atomic E-state index is 0.0402. The van der Waals surface area contributed by atoms with Gasteiger partial charge in [-0.15, -0.1) is 0 Å². The third-order valence-electron chi connectivity index (χ3n) is 2.89. The molecule has 0 aromatic carbocycles. The molecule has 1 amide bonds. The molecule has 2 rings (SSSR count). The fourth-order valence-corrected chi connectivity index (χ4v) is 2.22. The van der Waals surface area contributed by atoms with E-state index < -0.39 is 5.97 Å². The summed E-state index contributed by atoms with van der Waals surface area (Å²) in [5, 5.41) is 2.85. The number of esters is 1. The zero-order valence-corrected chi connectivity index (χ0v) is 10.2. The first-order valence-electron chi connectivity index (χ1n) is 5.74. The van der Waals surface area contributed by atoms with E-state index in [4.69, 9.17) is 4.74 Å². The number of H-pyrrole nitrogens is 1. The summed E-state index contributed by atoms with van der Waals surface area (Å²) in [6.45, 7) is 5.79. The lowest BCUT2D eigenvalue weighted by Crippen LogP contribution is -2.39. The van der Waals surface area contributed by atoms with E-state index in [0.717, 1.165) is 5.56 Å². The molecule has 2 heterocycles. The molecule has 0 bridgehead atoms. The number of fused-ring (bicyclic) bond motifs is 1. The van der Waals surface area contributed by atoms with Gasteiger partial charge in [0.05, 0.1) is 12.2 Å². The zero-order valence-electron chi connectivity index (χ0n) is 10.2. The Hall–Kier alpha value is -1.78. The van der Waals surface area contributed by atoms with Crippen LogP contribution in [0.4, 0.5) is 0 Å². The Morgan fingerprint density at radius 1 is 1.53 bits per heavy atom. The van der Waals surface area contributed by atoms with E-state index in [-0.39, 0.29) is 11.9 Å². The maximum absolute atomic E-state index is 11.8. The van der Waals surface area contributed by atoms with Gasteiger partial charge in [0.2, 0.25) is 0 Å². The third kappa shape index (κ3) is 1.92. The fraction of sp³-hybridized carbons (Fsp3) is 0.500. The van der Waals surface area contributed by atoms with Crippen molar-refractivity contribution in [3.8, 4) is 0 Å². The van der Waals surface area contributed by atoms with Crippen molar-refractivity contribution in [2.24, 2.45) is 0 Å². The third-order valence-corrected chi connectivity index (χ3v) is 2.89. The average molecular weight is 236 g/mol. The lowest BCUT2D eigenvalue weighted by atomic mass is 9.96. The molecule has 0 aliphatic carbocycles. The smallest absolute Gasteiger partial charge is 0.355 e. The van der Waals surface area contributed by atoms with E-state index in [2.05, 4.69) is 10.3 Å². The lowest BCUT2D eigenvalue weighted by molar-refractivity contribution is 0.0518. The molecule has 0 spiro atoms. The predicted molar refractivity (Wildman–Crippen MR) is 62.1 cm³/mol. The maximum atomic E-state index is 11.8. The van der Waals surface area contributed by atoms with Crippen molar-refractivity contribution in [1.29, 1.82) is 0 Å². The molecule has 0 radical (unpaired) electrons. The molecule has 5 nitrogen and oxygen atoms in total. The van der Waals surface area contributed by atoms with E-state index in [1.165, 1.54) is 0 Å². The van der Waals surface area contributed by atoms with Gasteiger partial charge in [-0.3, -0.25) is 4.79 Å². The minimum Gasteiger partial charge on any atom is -0.461 e. The molecular weight excluding hydrogens is 220 g/mol. The average Bonchev–Trinajstić information content (AvgIpc) is 2.56. The van der Waals surface area contributed by atoms with Crippen LogP contribution in [0.2, 0.25) is 0 Å². The topological polar surface area (TPSA) is 71.2 Å². The van der Waals surface area contributed by atoms with Crippen LogP contribution < -0.4 is 5.32 Å². The second-order valence-corrected chi connectivity index (χ2v) is 4.28. The Morgan fingerprint density at radius 3 is 2.88 bits per heavy atom. The van der Waals surface area contributed by atoms with Gasteiger partial charge in [-0.2, -0.15) is 0 Å². The molecule has 92 valence electrons. The van der Waals surface area contributed by atoms with Crippen LogP contribution in [0.25, 0.3) is 0 Å². The highest BCUT2D eigenvalue weighted by atomic mass is 16.5. The number of hydrogen-bond donors (Lipinski definition) is 2. The van der Waals surface area contributed by atoms with Gasteiger partial charge in [-0.05, 0) is 32.8 Å². The number of hydrogen-bond acceptors (Lipinski definition) is 3. The number of nitrogens with one attached hydrogen (secondary N) is 2. The summed E-state index contributed by atoms with van der Waals surface area (Å²) in [5.74, 6) is -0.512. The van der Waals surface area contributed by atoms with Crippen molar-refractivity contribution in [2.75, 3.05) is 6.61 Å². The minimum atomic E-state index is -0.390. The molecule has 0 saturated heterocycles. The molecule has 1 aromatic heterocycles. The van der Waals surface area contributed by atoms with Crippen LogP contribution in [0.15, 0.2) is 0 Å². The largest absolute Gasteiger partial charge is 0.461 e. The second-order valence-electron chi connectivity index (χ2n) is 4.28. The van der Waals surface area contributed by atoms with E-state index in [1.807, 2.05) is 6.92 Å². The number of carbonyl (C=O) groups is 2. The first kappa shape index (κ1) is 11.7. The first-order valence-corrected chi connectivity index (χ1v) is 5.74. The summed E-state index contributed by atoms with van der Waals surface area (Å²) in [4.78, 5) is 26.5. The Balaban J connectivity index is 2.46. The first-order chi connectivity index (χ1) is 8.04. The molecule has 1 aromatic rings. The van der Waals surface area contributed by atoms with Gasteiger partial charge in [-0.25, -0.2) is 4.79 Å². The molecule has 2 N–H and O–H groups in total. The van der Waals surface area contributed by atoms with Crippen molar-refractivity contribution in [3.63, 3.8) is 0 Å². The molecule has 17 heavy (non-hydrogen) atoms. The standard InChI is InChI=1S/C12H16N2O3/c1-4-17-12(16)10-8-5-6(2)13-11(15)9(8)7(3)14-10/h6,14H,4-5H2,1-3H3,(H,13,15)/t6-/m0/s1. The summed E-state index contributed by atoms with van der Waals surface area (Å²) < 4.78 is 4.98. The predicted octanol–water partition coefficient (Wildman–Crippen LogP) is 1.17. The zero-order chi connectivity index (χ0) is 12.6. The SMILES string of the molecule is CCOC(=O)c1[nH]c(C)c2c1C[C@H](C)NC2=O. The van der Waals surface area contributed by atoms with Crippen molar-refractivity contribution in [2.45, 2.75) is 33.2 Å². The number of ether oxygens (including phenoxy) is 1. The highest BCUT2D eigenvalue weighted by Crippen LogP contribution is 2.24. The van der Waals surface area contributed by atoms with Gasteiger partial charge in [0.15, 0.2) is 0 Å². The van der Waals surface area contributed by atoms with Crippen molar-refractivity contribution >= 4 is 11.9 Å². The van der Waals surface area contributed by atoms with E-state index in [9.17, 15) is 9.59 Å². The molecule has 1 aliphatic rings. The van der Waals surface area contributed by atoms with Crippen LogP contribution in [0, 0.1) is 6.92 Å². The van der Waals surface area contributed by atoms with Gasteiger partial charge in [0, 0.05) is 11.7 Å². The molecule has 1 atom stereocenters. The Kier molecular flexibility index (Phi) is 2.92. The lowest BCUT2D eigenvalue weighted by Gasteiger charge is -2.20. The summed E-state index contributed by atoms with van der Waals surface area (Å²) in [6, 6.07) is 0.0402. The summed E-state index contributed by atoms with van der Waals surface area (Å²) in [6.07, 6.45) is 0.652. The number of aryl methyl sites for hydroxylation is 1. The van der Waals surface area contributed by atoms with Crippen molar-refractivity contribution < 1.29 is 14.3 Å². The normalized spacial score (nSPS) is 18.5. The molecule has 1 aliphatic heterocycles. The van der Waals surface area contributed by atoms with Crippen LogP contribution in [-0.4, -0.2) is 29.5 Å². The highest BCUT2D eigenvalue weighted by Gasteiger charge is 2.30. The number of aromatic nitrogens is 1. The molecule has 0 saturated carbocycles. The number of carbonyl (C=O) groups excluding carboxylic acids is 2. The van der Waals surface area contributed by atoms with Crippen LogP contribution in [-0.2, 0) is 11.2 Å². The van der Waals surface area contributed by atoms with Gasteiger partial charge in [0.1, 0.15) is 5.69 Å². The number of amides is 1. The second kappa shape index (κ2) is 4.24. The summed E-state index contributed by atoms with van der Waals surface area (Å²) in [5.41, 5.74) is 2.50. The highest BCUT2D eigenvalue weighted by molar-refractivity contribution is 6.02. The Labute approximate surface area is 99.5 Å². The molecular formula is C12H16N2O3. The summed E-state index contributed by atoms with van der Waals surface area (Å²) in [7, 11) is 0. The fourth-order valence-electron chi connectivity index (χ4n) is 2.22. The van der Waals surface area contributed by atoms with Crippen molar-refractivity contribution in [1.82, 2.24) is 10.3 Å². The summed E-state index contributed by atoms with van der Waals surface area (Å²) >= 11 is 0. The molecule has 0 unspecified atom stereocenters. The molecule has 5 heteroatoms. The van der Waals surface area contributed by atoms with Crippen LogP contribution in [0.5, 0.6) is 0 Å². The van der Waals surface area contributed by atoms with E-state index in [1.54, 1.807) is 13.8 Å². The molecule has 0 fully saturated rings. The van der Waals surface area contributed by atoms with Gasteiger partial charge in [-0.1, -0.05) is 0 Å².